The predicted octanol–water partition coefficient (Wildman–Crippen LogP) is 3.00. The Balaban J connectivity index is 2.17. The quantitative estimate of drug-likeness (QED) is 0.604. The number of carbonyl (C=O) groups excluding carboxylic acids is 1. The van der Waals surface area contributed by atoms with Gasteiger partial charge < -0.3 is 4.74 Å². The molecular formula is C14H15NO2S. The van der Waals surface area contributed by atoms with Gasteiger partial charge in [0, 0.05) is 16.7 Å². The normalized spacial score (nSPS) is 18.1. The second-order valence-electron chi connectivity index (χ2n) is 3.80. The van der Waals surface area contributed by atoms with Gasteiger partial charge in [-0.2, -0.15) is 0 Å². The van der Waals surface area contributed by atoms with E-state index in [1.165, 1.54) is 11.8 Å². The van der Waals surface area contributed by atoms with E-state index in [1.54, 1.807) is 12.3 Å². The molecule has 2 rings (SSSR count). The van der Waals surface area contributed by atoms with Gasteiger partial charge in [-0.1, -0.05) is 6.08 Å². The van der Waals surface area contributed by atoms with Gasteiger partial charge in [0.05, 0.1) is 13.2 Å². The summed E-state index contributed by atoms with van der Waals surface area (Å²) in [5, 5.41) is -0.211. The summed E-state index contributed by atoms with van der Waals surface area (Å²) < 4.78 is 5.40. The molecule has 0 aliphatic carbocycles. The van der Waals surface area contributed by atoms with E-state index in [0.29, 0.717) is 13.2 Å². The van der Waals surface area contributed by atoms with E-state index in [4.69, 9.17) is 4.74 Å². The zero-order valence-corrected chi connectivity index (χ0v) is 11.1. The van der Waals surface area contributed by atoms with Crippen LogP contribution >= 0.6 is 11.8 Å². The summed E-state index contributed by atoms with van der Waals surface area (Å²) >= 11 is 1.53. The number of hydrogen-bond acceptors (Lipinski definition) is 4. The molecule has 0 aromatic heterocycles. The summed E-state index contributed by atoms with van der Waals surface area (Å²) in [6.07, 6.45) is 3.41. The van der Waals surface area contributed by atoms with Crippen LogP contribution in [0.3, 0.4) is 0 Å². The van der Waals surface area contributed by atoms with Gasteiger partial charge in [0.2, 0.25) is 0 Å². The number of thioether (sulfide) groups is 1. The van der Waals surface area contributed by atoms with Gasteiger partial charge in [-0.15, -0.1) is 18.3 Å². The van der Waals surface area contributed by atoms with Crippen LogP contribution in [0.25, 0.3) is 0 Å². The Labute approximate surface area is 111 Å². The second-order valence-corrected chi connectivity index (χ2v) is 4.98. The fraction of sp³-hybridized carbons (Fsp3) is 0.286. The lowest BCUT2D eigenvalue weighted by Crippen LogP contribution is -2.13. The molecule has 0 radical (unpaired) electrons. The third-order valence-electron chi connectivity index (χ3n) is 2.52. The molecule has 4 heteroatoms. The summed E-state index contributed by atoms with van der Waals surface area (Å²) in [4.78, 5) is 17.3. The number of nitrogens with zero attached hydrogens (tertiary/aromatic N) is 1. The highest BCUT2D eigenvalue weighted by atomic mass is 32.2. The molecule has 0 spiro atoms. The highest BCUT2D eigenvalue weighted by Gasteiger charge is 2.30. The van der Waals surface area contributed by atoms with E-state index >= 15 is 0 Å². The van der Waals surface area contributed by atoms with Crippen molar-refractivity contribution in [2.24, 2.45) is 4.99 Å². The van der Waals surface area contributed by atoms with Crippen LogP contribution in [0.1, 0.15) is 17.3 Å². The molecule has 1 aromatic carbocycles. The standard InChI is InChI=1S/C14H15NO2S/c1-3-7-15-9-13-14(16)11-8-10(17-4-2)5-6-12(11)18-13/h3,5-6,8-9,13H,1,4,7H2,2H3/t13-/m0/s1. The SMILES string of the molecule is C=CCN=C[C@@H]1Sc2ccc(OCC)cc2C1=O. The number of aliphatic imine (C=N–C) groups is 1. The molecule has 0 amide bonds. The second kappa shape index (κ2) is 5.87. The van der Waals surface area contributed by atoms with Crippen LogP contribution in [0.15, 0.2) is 40.7 Å². The smallest absolute Gasteiger partial charge is 0.182 e. The van der Waals surface area contributed by atoms with Crippen molar-refractivity contribution in [2.45, 2.75) is 17.1 Å². The van der Waals surface area contributed by atoms with Gasteiger partial charge in [0.25, 0.3) is 0 Å². The lowest BCUT2D eigenvalue weighted by Gasteiger charge is -2.03. The molecule has 1 atom stereocenters. The van der Waals surface area contributed by atoms with Crippen molar-refractivity contribution in [1.29, 1.82) is 0 Å². The molecule has 18 heavy (non-hydrogen) atoms. The fourth-order valence-corrected chi connectivity index (χ4v) is 2.82. The fourth-order valence-electron chi connectivity index (χ4n) is 1.73. The van der Waals surface area contributed by atoms with E-state index in [0.717, 1.165) is 16.2 Å². The number of rotatable bonds is 5. The maximum absolute atomic E-state index is 12.2. The minimum Gasteiger partial charge on any atom is -0.494 e. The van der Waals surface area contributed by atoms with Gasteiger partial charge >= 0.3 is 0 Å². The average molecular weight is 261 g/mol. The molecule has 0 unspecified atom stereocenters. The third-order valence-corrected chi connectivity index (χ3v) is 3.71. The monoisotopic (exact) mass is 261 g/mol. The van der Waals surface area contributed by atoms with Crippen LogP contribution in [0.2, 0.25) is 0 Å². The Morgan fingerprint density at radius 3 is 3.11 bits per heavy atom. The van der Waals surface area contributed by atoms with Crippen LogP contribution in [-0.4, -0.2) is 30.4 Å². The van der Waals surface area contributed by atoms with Gasteiger partial charge in [-0.05, 0) is 25.1 Å². The first-order valence-corrected chi connectivity index (χ1v) is 6.72. The molecule has 94 valence electrons. The summed E-state index contributed by atoms with van der Waals surface area (Å²) in [7, 11) is 0. The zero-order valence-electron chi connectivity index (χ0n) is 10.3. The summed E-state index contributed by atoms with van der Waals surface area (Å²) in [5.41, 5.74) is 0.737. The van der Waals surface area contributed by atoms with Crippen molar-refractivity contribution < 1.29 is 9.53 Å². The maximum atomic E-state index is 12.2. The van der Waals surface area contributed by atoms with Crippen molar-refractivity contribution in [3.05, 3.63) is 36.4 Å². The molecule has 1 heterocycles. The molecule has 1 aliphatic rings. The summed E-state index contributed by atoms with van der Waals surface area (Å²) in [5.74, 6) is 0.846. The van der Waals surface area contributed by atoms with Gasteiger partial charge in [0.1, 0.15) is 11.0 Å². The molecule has 0 N–H and O–H groups in total. The van der Waals surface area contributed by atoms with E-state index in [1.807, 2.05) is 25.1 Å². The van der Waals surface area contributed by atoms with Crippen LogP contribution < -0.4 is 4.74 Å². The first-order valence-electron chi connectivity index (χ1n) is 5.84. The highest BCUT2D eigenvalue weighted by molar-refractivity contribution is 8.02. The molecule has 0 fully saturated rings. The highest BCUT2D eigenvalue weighted by Crippen LogP contribution is 2.38. The molecule has 0 bridgehead atoms. The van der Waals surface area contributed by atoms with Crippen LogP contribution in [0.5, 0.6) is 5.75 Å². The van der Waals surface area contributed by atoms with Crippen molar-refractivity contribution in [3.63, 3.8) is 0 Å². The topological polar surface area (TPSA) is 38.7 Å². The van der Waals surface area contributed by atoms with Crippen molar-refractivity contribution in [3.8, 4) is 5.75 Å². The Morgan fingerprint density at radius 2 is 2.39 bits per heavy atom. The molecule has 0 saturated carbocycles. The number of fused-ring (bicyclic) bond motifs is 1. The summed E-state index contributed by atoms with van der Waals surface area (Å²) in [6.45, 7) is 6.67. The Hall–Kier alpha value is -1.55. The molecule has 3 nitrogen and oxygen atoms in total. The van der Waals surface area contributed by atoms with Gasteiger partial charge in [0.15, 0.2) is 5.78 Å². The Kier molecular flexibility index (Phi) is 4.20. The maximum Gasteiger partial charge on any atom is 0.182 e. The van der Waals surface area contributed by atoms with Gasteiger partial charge in [-0.25, -0.2) is 0 Å². The average Bonchev–Trinajstić information content (AvgIpc) is 2.68. The minimum atomic E-state index is -0.211. The van der Waals surface area contributed by atoms with Crippen molar-refractivity contribution in [1.82, 2.24) is 0 Å². The molecule has 1 aromatic rings. The van der Waals surface area contributed by atoms with Crippen LogP contribution in [-0.2, 0) is 0 Å². The van der Waals surface area contributed by atoms with E-state index in [2.05, 4.69) is 11.6 Å². The lowest BCUT2D eigenvalue weighted by molar-refractivity contribution is 0.101. The molecular weight excluding hydrogens is 246 g/mol. The Morgan fingerprint density at radius 1 is 1.56 bits per heavy atom. The number of ether oxygens (including phenoxy) is 1. The number of carbonyl (C=O) groups is 1. The molecule has 1 aliphatic heterocycles. The van der Waals surface area contributed by atoms with Crippen molar-refractivity contribution in [2.75, 3.05) is 13.2 Å². The van der Waals surface area contributed by atoms with E-state index in [-0.39, 0.29) is 11.0 Å². The first kappa shape index (κ1) is 12.9. The van der Waals surface area contributed by atoms with Crippen LogP contribution in [0, 0.1) is 0 Å². The summed E-state index contributed by atoms with van der Waals surface area (Å²) in [6, 6.07) is 5.64. The first-order chi connectivity index (χ1) is 8.76. The van der Waals surface area contributed by atoms with Gasteiger partial charge in [-0.3, -0.25) is 9.79 Å². The zero-order chi connectivity index (χ0) is 13.0. The third kappa shape index (κ3) is 2.64. The van der Waals surface area contributed by atoms with Crippen LogP contribution in [0.4, 0.5) is 0 Å². The largest absolute Gasteiger partial charge is 0.494 e. The van der Waals surface area contributed by atoms with E-state index in [9.17, 15) is 4.79 Å². The number of hydrogen-bond donors (Lipinski definition) is 0. The minimum absolute atomic E-state index is 0.101. The number of benzene rings is 1. The van der Waals surface area contributed by atoms with E-state index < -0.39 is 0 Å². The predicted molar refractivity (Wildman–Crippen MR) is 75.1 cm³/mol. The molecule has 0 saturated heterocycles. The number of Topliss-reactive ketones (excluding diaryl/α,β-unsaturated/α-hetero) is 1. The van der Waals surface area contributed by atoms with Crippen molar-refractivity contribution >= 4 is 23.8 Å². The Bertz CT molecular complexity index is 497. The lowest BCUT2D eigenvalue weighted by atomic mass is 10.1. The number of ketones is 1.